The van der Waals surface area contributed by atoms with Gasteiger partial charge in [-0.3, -0.25) is 4.98 Å². The number of para-hydroxylation sites is 2. The molecule has 0 aliphatic heterocycles. The van der Waals surface area contributed by atoms with Crippen LogP contribution in [0, 0.1) is 0 Å². The molecule has 1 heterocycles. The van der Waals surface area contributed by atoms with Crippen molar-refractivity contribution >= 4 is 34.3 Å². The van der Waals surface area contributed by atoms with Crippen LogP contribution < -0.4 is 16.0 Å². The minimum Gasteiger partial charge on any atom is -0.388 e. The molecule has 98 valence electrons. The highest BCUT2D eigenvalue weighted by molar-refractivity contribution is 7.80. The smallest absolute Gasteiger partial charge is 0.122 e. The quantitative estimate of drug-likeness (QED) is 0.838. The number of thiocarbonyl (C=S) groups is 1. The van der Waals surface area contributed by atoms with Gasteiger partial charge in [0.15, 0.2) is 0 Å². The Bertz CT molecular complexity index is 596. The molecule has 0 saturated heterocycles. The van der Waals surface area contributed by atoms with Crippen molar-refractivity contribution in [3.63, 3.8) is 0 Å². The number of benzene rings is 1. The molecule has 1 aromatic carbocycles. The maximum Gasteiger partial charge on any atom is 0.122 e. The molecule has 0 amide bonds. The monoisotopic (exact) mass is 272 g/mol. The van der Waals surface area contributed by atoms with Gasteiger partial charge >= 0.3 is 0 Å². The molecular weight excluding hydrogens is 256 g/mol. The summed E-state index contributed by atoms with van der Waals surface area (Å²) in [6.45, 7) is 0. The third-order valence-corrected chi connectivity index (χ3v) is 2.89. The lowest BCUT2D eigenvalue weighted by Crippen LogP contribution is -2.12. The number of hydrogen-bond acceptors (Lipinski definition) is 4. The molecular formula is C14H16N4S. The lowest BCUT2D eigenvalue weighted by Gasteiger charge is -2.18. The van der Waals surface area contributed by atoms with Crippen molar-refractivity contribution in [2.45, 2.75) is 0 Å². The molecule has 0 aliphatic carbocycles. The summed E-state index contributed by atoms with van der Waals surface area (Å²) in [5, 5.41) is 3.35. The molecule has 19 heavy (non-hydrogen) atoms. The predicted octanol–water partition coefficient (Wildman–Crippen LogP) is 2.53. The highest BCUT2D eigenvalue weighted by Gasteiger charge is 2.05. The van der Waals surface area contributed by atoms with E-state index >= 15 is 0 Å². The van der Waals surface area contributed by atoms with Crippen LogP contribution in [0.3, 0.4) is 0 Å². The van der Waals surface area contributed by atoms with Crippen molar-refractivity contribution in [3.05, 3.63) is 48.3 Å². The number of nitrogens with zero attached hydrogens (tertiary/aromatic N) is 2. The van der Waals surface area contributed by atoms with Gasteiger partial charge in [-0.2, -0.15) is 0 Å². The number of rotatable bonds is 4. The molecule has 0 fully saturated rings. The first-order chi connectivity index (χ1) is 9.08. The summed E-state index contributed by atoms with van der Waals surface area (Å²) in [4.78, 5) is 6.47. The molecule has 3 N–H and O–H groups in total. The van der Waals surface area contributed by atoms with E-state index in [1.165, 1.54) is 0 Å². The van der Waals surface area contributed by atoms with Crippen LogP contribution >= 0.6 is 12.2 Å². The molecule has 0 atom stereocenters. The van der Waals surface area contributed by atoms with E-state index in [0.29, 0.717) is 10.7 Å². The molecule has 5 heteroatoms. The highest BCUT2D eigenvalue weighted by Crippen LogP contribution is 2.27. The van der Waals surface area contributed by atoms with E-state index in [1.54, 1.807) is 6.20 Å². The Hall–Kier alpha value is -2.14. The zero-order valence-corrected chi connectivity index (χ0v) is 11.7. The normalized spacial score (nSPS) is 10.0. The number of hydrogen-bond donors (Lipinski definition) is 2. The zero-order chi connectivity index (χ0) is 13.8. The summed E-state index contributed by atoms with van der Waals surface area (Å²) in [7, 11) is 4.01. The Labute approximate surface area is 118 Å². The zero-order valence-electron chi connectivity index (χ0n) is 10.9. The molecule has 4 nitrogen and oxygen atoms in total. The molecule has 0 bridgehead atoms. The second-order valence-electron chi connectivity index (χ2n) is 4.33. The van der Waals surface area contributed by atoms with Crippen LogP contribution in [0.25, 0.3) is 0 Å². The van der Waals surface area contributed by atoms with Gasteiger partial charge in [0, 0.05) is 26.0 Å². The van der Waals surface area contributed by atoms with Crippen LogP contribution in [0.1, 0.15) is 5.69 Å². The topological polar surface area (TPSA) is 54.2 Å². The Kier molecular flexibility index (Phi) is 3.97. The molecule has 0 unspecified atom stereocenters. The number of nitrogens with two attached hydrogens (primary N) is 1. The summed E-state index contributed by atoms with van der Waals surface area (Å²) in [6, 6.07) is 11.8. The minimum atomic E-state index is 0.296. The van der Waals surface area contributed by atoms with Gasteiger partial charge in [-0.1, -0.05) is 24.4 Å². The van der Waals surface area contributed by atoms with E-state index in [9.17, 15) is 0 Å². The lowest BCUT2D eigenvalue weighted by molar-refractivity contribution is 1.13. The van der Waals surface area contributed by atoms with Crippen molar-refractivity contribution in [2.75, 3.05) is 24.3 Å². The van der Waals surface area contributed by atoms with Crippen LogP contribution in [0.4, 0.5) is 17.1 Å². The number of pyridine rings is 1. The second-order valence-corrected chi connectivity index (χ2v) is 4.77. The Morgan fingerprint density at radius 3 is 2.68 bits per heavy atom. The third-order valence-electron chi connectivity index (χ3n) is 2.68. The van der Waals surface area contributed by atoms with Gasteiger partial charge in [0.2, 0.25) is 0 Å². The molecule has 2 aromatic rings. The van der Waals surface area contributed by atoms with Gasteiger partial charge in [-0.05, 0) is 24.3 Å². The number of aromatic nitrogens is 1. The van der Waals surface area contributed by atoms with Crippen molar-refractivity contribution < 1.29 is 0 Å². The Morgan fingerprint density at radius 1 is 1.26 bits per heavy atom. The highest BCUT2D eigenvalue weighted by atomic mass is 32.1. The Morgan fingerprint density at radius 2 is 2.00 bits per heavy atom. The van der Waals surface area contributed by atoms with Crippen LogP contribution in [0.5, 0.6) is 0 Å². The fourth-order valence-corrected chi connectivity index (χ4v) is 1.88. The van der Waals surface area contributed by atoms with E-state index in [2.05, 4.69) is 21.3 Å². The first-order valence-electron chi connectivity index (χ1n) is 5.87. The molecule has 0 radical (unpaired) electrons. The molecule has 0 saturated carbocycles. The van der Waals surface area contributed by atoms with Crippen LogP contribution in [-0.4, -0.2) is 24.1 Å². The molecule has 1 aromatic heterocycles. The van der Waals surface area contributed by atoms with Crippen LogP contribution in [0.15, 0.2) is 42.6 Å². The fourth-order valence-electron chi connectivity index (χ4n) is 1.77. The standard InChI is InChI=1S/C14H16N4S/c1-18(2)13-6-4-3-5-11(13)17-10-7-8-16-12(9-10)14(15)19/h3-9H,1-2H3,(H2,15,19)(H,16,17). The summed E-state index contributed by atoms with van der Waals surface area (Å²) < 4.78 is 0. The second kappa shape index (κ2) is 5.67. The maximum absolute atomic E-state index is 5.59. The van der Waals surface area contributed by atoms with Gasteiger partial charge in [0.25, 0.3) is 0 Å². The number of anilines is 3. The van der Waals surface area contributed by atoms with Crippen LogP contribution in [-0.2, 0) is 0 Å². The van der Waals surface area contributed by atoms with E-state index in [4.69, 9.17) is 18.0 Å². The third kappa shape index (κ3) is 3.20. The van der Waals surface area contributed by atoms with Crippen molar-refractivity contribution in [1.82, 2.24) is 4.98 Å². The van der Waals surface area contributed by atoms with Gasteiger partial charge in [0.05, 0.1) is 17.1 Å². The van der Waals surface area contributed by atoms with E-state index in [1.807, 2.05) is 44.4 Å². The van der Waals surface area contributed by atoms with Crippen LogP contribution in [0.2, 0.25) is 0 Å². The van der Waals surface area contributed by atoms with Gasteiger partial charge < -0.3 is 16.0 Å². The largest absolute Gasteiger partial charge is 0.388 e. The van der Waals surface area contributed by atoms with Crippen molar-refractivity contribution in [2.24, 2.45) is 5.73 Å². The molecule has 0 aliphatic rings. The maximum atomic E-state index is 5.59. The Balaban J connectivity index is 2.31. The summed E-state index contributed by atoms with van der Waals surface area (Å²) in [6.07, 6.45) is 1.69. The van der Waals surface area contributed by atoms with E-state index in [0.717, 1.165) is 17.1 Å². The average Bonchev–Trinajstić information content (AvgIpc) is 2.39. The minimum absolute atomic E-state index is 0.296. The fraction of sp³-hybridized carbons (Fsp3) is 0.143. The van der Waals surface area contributed by atoms with Crippen molar-refractivity contribution in [1.29, 1.82) is 0 Å². The SMILES string of the molecule is CN(C)c1ccccc1Nc1ccnc(C(N)=S)c1. The summed E-state index contributed by atoms with van der Waals surface area (Å²) in [5.74, 6) is 0. The average molecular weight is 272 g/mol. The first-order valence-corrected chi connectivity index (χ1v) is 6.28. The lowest BCUT2D eigenvalue weighted by atomic mass is 10.2. The van der Waals surface area contributed by atoms with Gasteiger partial charge in [-0.15, -0.1) is 0 Å². The van der Waals surface area contributed by atoms with Crippen molar-refractivity contribution in [3.8, 4) is 0 Å². The first kappa shape index (κ1) is 13.3. The van der Waals surface area contributed by atoms with E-state index < -0.39 is 0 Å². The summed E-state index contributed by atoms with van der Waals surface area (Å²) in [5.41, 5.74) is 9.24. The molecule has 2 rings (SSSR count). The number of nitrogens with one attached hydrogen (secondary N) is 1. The van der Waals surface area contributed by atoms with Gasteiger partial charge in [-0.25, -0.2) is 0 Å². The van der Waals surface area contributed by atoms with Gasteiger partial charge in [0.1, 0.15) is 4.99 Å². The summed E-state index contributed by atoms with van der Waals surface area (Å²) >= 11 is 4.93. The predicted molar refractivity (Wildman–Crippen MR) is 84.2 cm³/mol. The van der Waals surface area contributed by atoms with E-state index in [-0.39, 0.29) is 0 Å². The molecule has 0 spiro atoms.